The number of hydrogen-bond donors (Lipinski definition) is 0. The van der Waals surface area contributed by atoms with Crippen LogP contribution in [-0.4, -0.2) is 6.61 Å². The lowest BCUT2D eigenvalue weighted by atomic mass is 9.94. The fourth-order valence-corrected chi connectivity index (χ4v) is 2.92. The van der Waals surface area contributed by atoms with Crippen LogP contribution >= 0.6 is 0 Å². The zero-order valence-corrected chi connectivity index (χ0v) is 14.8. The van der Waals surface area contributed by atoms with Crippen LogP contribution in [0.2, 0.25) is 0 Å². The summed E-state index contributed by atoms with van der Waals surface area (Å²) >= 11 is 0. The van der Waals surface area contributed by atoms with E-state index in [9.17, 15) is 8.78 Å². The highest BCUT2D eigenvalue weighted by Gasteiger charge is 2.10. The van der Waals surface area contributed by atoms with Gasteiger partial charge in [0.2, 0.25) is 0 Å². The molecule has 0 bridgehead atoms. The topological polar surface area (TPSA) is 9.23 Å². The van der Waals surface area contributed by atoms with Gasteiger partial charge in [0, 0.05) is 0 Å². The van der Waals surface area contributed by atoms with Gasteiger partial charge in [-0.2, -0.15) is 0 Å². The summed E-state index contributed by atoms with van der Waals surface area (Å²) in [6.45, 7) is 2.89. The molecule has 0 amide bonds. The van der Waals surface area contributed by atoms with Crippen LogP contribution in [0.3, 0.4) is 0 Å². The zero-order chi connectivity index (χ0) is 18.4. The lowest BCUT2D eigenvalue weighted by molar-refractivity contribution is 0.306. The maximum Gasteiger partial charge on any atom is 0.159 e. The average molecular weight is 352 g/mol. The van der Waals surface area contributed by atoms with Gasteiger partial charge in [-0.3, -0.25) is 0 Å². The minimum atomic E-state index is -0.840. The Morgan fingerprint density at radius 3 is 2.04 bits per heavy atom. The van der Waals surface area contributed by atoms with Crippen LogP contribution in [0.5, 0.6) is 5.75 Å². The molecule has 0 aliphatic carbocycles. The Labute approximate surface area is 153 Å². The molecule has 0 heterocycles. The molecule has 0 aromatic heterocycles. The van der Waals surface area contributed by atoms with Gasteiger partial charge in [0.05, 0.1) is 6.61 Å². The van der Waals surface area contributed by atoms with E-state index in [4.69, 9.17) is 4.74 Å². The van der Waals surface area contributed by atoms with Crippen LogP contribution in [0.4, 0.5) is 8.78 Å². The Morgan fingerprint density at radius 2 is 1.38 bits per heavy atom. The second-order valence-electron chi connectivity index (χ2n) is 6.25. The van der Waals surface area contributed by atoms with Crippen molar-refractivity contribution in [2.24, 2.45) is 0 Å². The quantitative estimate of drug-likeness (QED) is 0.422. The smallest absolute Gasteiger partial charge is 0.159 e. The van der Waals surface area contributed by atoms with Gasteiger partial charge in [-0.15, -0.1) is 0 Å². The molecule has 0 N–H and O–H groups in total. The maximum absolute atomic E-state index is 13.6. The van der Waals surface area contributed by atoms with Crippen LogP contribution in [0.15, 0.2) is 66.7 Å². The van der Waals surface area contributed by atoms with Crippen molar-refractivity contribution >= 4 is 0 Å². The molecule has 26 heavy (non-hydrogen) atoms. The van der Waals surface area contributed by atoms with E-state index >= 15 is 0 Å². The first-order valence-corrected chi connectivity index (χ1v) is 8.96. The van der Waals surface area contributed by atoms with E-state index in [2.05, 4.69) is 6.92 Å². The molecular formula is C23H22F2O. The normalized spacial score (nSPS) is 10.7. The van der Waals surface area contributed by atoms with Gasteiger partial charge in [0.25, 0.3) is 0 Å². The van der Waals surface area contributed by atoms with Gasteiger partial charge in [0.15, 0.2) is 11.6 Å². The van der Waals surface area contributed by atoms with Gasteiger partial charge >= 0.3 is 0 Å². The molecule has 0 fully saturated rings. The fourth-order valence-electron chi connectivity index (χ4n) is 2.92. The Kier molecular flexibility index (Phi) is 6.00. The average Bonchev–Trinajstić information content (AvgIpc) is 2.68. The fraction of sp³-hybridized carbons (Fsp3) is 0.217. The molecule has 0 spiro atoms. The van der Waals surface area contributed by atoms with E-state index in [1.54, 1.807) is 6.07 Å². The molecule has 0 radical (unpaired) electrons. The van der Waals surface area contributed by atoms with Gasteiger partial charge in [-0.05, 0) is 52.9 Å². The number of ether oxygens (including phenoxy) is 1. The molecule has 3 aromatic rings. The van der Waals surface area contributed by atoms with E-state index in [0.29, 0.717) is 5.56 Å². The highest BCUT2D eigenvalue weighted by molar-refractivity contribution is 5.83. The van der Waals surface area contributed by atoms with Crippen LogP contribution in [-0.2, 0) is 0 Å². The standard InChI is InChI=1S/C23H22F2O/c1-2-3-6-15-26-19-12-9-17(10-13-19)20-7-4-5-8-21(20)18-11-14-22(24)23(25)16-18/h4-5,7-14,16H,2-3,6,15H2,1H3. The minimum absolute atomic E-state index is 0.652. The Morgan fingerprint density at radius 1 is 0.731 bits per heavy atom. The van der Waals surface area contributed by atoms with Gasteiger partial charge < -0.3 is 4.74 Å². The highest BCUT2D eigenvalue weighted by atomic mass is 19.2. The number of hydrogen-bond acceptors (Lipinski definition) is 1. The van der Waals surface area contributed by atoms with Crippen LogP contribution < -0.4 is 4.74 Å². The monoisotopic (exact) mass is 352 g/mol. The Hall–Kier alpha value is -2.68. The molecular weight excluding hydrogens is 330 g/mol. The summed E-state index contributed by atoms with van der Waals surface area (Å²) in [4.78, 5) is 0. The molecule has 0 saturated heterocycles. The molecule has 1 nitrogen and oxygen atoms in total. The molecule has 3 aromatic carbocycles. The third-order valence-corrected chi connectivity index (χ3v) is 4.34. The lowest BCUT2D eigenvalue weighted by Crippen LogP contribution is -1.96. The van der Waals surface area contributed by atoms with Crippen LogP contribution in [0, 0.1) is 11.6 Å². The molecule has 3 heteroatoms. The van der Waals surface area contributed by atoms with Crippen molar-refractivity contribution in [2.45, 2.75) is 26.2 Å². The van der Waals surface area contributed by atoms with Crippen molar-refractivity contribution in [2.75, 3.05) is 6.61 Å². The summed E-state index contributed by atoms with van der Waals surface area (Å²) in [5.74, 6) is -0.834. The SMILES string of the molecule is CCCCCOc1ccc(-c2ccccc2-c2ccc(F)c(F)c2)cc1. The third-order valence-electron chi connectivity index (χ3n) is 4.34. The van der Waals surface area contributed by atoms with Crippen molar-refractivity contribution < 1.29 is 13.5 Å². The van der Waals surface area contributed by atoms with E-state index in [-0.39, 0.29) is 0 Å². The zero-order valence-electron chi connectivity index (χ0n) is 14.8. The van der Waals surface area contributed by atoms with Crippen molar-refractivity contribution in [3.05, 3.63) is 78.4 Å². The first-order chi connectivity index (χ1) is 12.7. The maximum atomic E-state index is 13.6. The molecule has 134 valence electrons. The van der Waals surface area contributed by atoms with Crippen LogP contribution in [0.25, 0.3) is 22.3 Å². The summed E-state index contributed by atoms with van der Waals surface area (Å²) in [5.41, 5.74) is 3.49. The van der Waals surface area contributed by atoms with Gasteiger partial charge in [0.1, 0.15) is 5.75 Å². The largest absolute Gasteiger partial charge is 0.494 e. The third kappa shape index (κ3) is 4.29. The predicted octanol–water partition coefficient (Wildman–Crippen LogP) is 6.87. The minimum Gasteiger partial charge on any atom is -0.494 e. The van der Waals surface area contributed by atoms with Crippen molar-refractivity contribution in [3.63, 3.8) is 0 Å². The summed E-state index contributed by atoms with van der Waals surface area (Å²) in [7, 11) is 0. The predicted molar refractivity (Wildman–Crippen MR) is 102 cm³/mol. The molecule has 0 aliphatic rings. The highest BCUT2D eigenvalue weighted by Crippen LogP contribution is 2.33. The van der Waals surface area contributed by atoms with Gasteiger partial charge in [-0.1, -0.05) is 62.2 Å². The van der Waals surface area contributed by atoms with Gasteiger partial charge in [-0.25, -0.2) is 8.78 Å². The van der Waals surface area contributed by atoms with Crippen molar-refractivity contribution in [1.29, 1.82) is 0 Å². The van der Waals surface area contributed by atoms with E-state index in [1.807, 2.05) is 48.5 Å². The van der Waals surface area contributed by atoms with Crippen molar-refractivity contribution in [3.8, 4) is 28.0 Å². The molecule has 0 saturated carbocycles. The Balaban J connectivity index is 1.84. The number of rotatable bonds is 7. The van der Waals surface area contributed by atoms with E-state index in [1.165, 1.54) is 18.9 Å². The number of benzene rings is 3. The van der Waals surface area contributed by atoms with E-state index in [0.717, 1.165) is 41.5 Å². The molecule has 0 aliphatic heterocycles. The second kappa shape index (κ2) is 8.61. The molecule has 3 rings (SSSR count). The first kappa shape index (κ1) is 18.1. The summed E-state index contributed by atoms with van der Waals surface area (Å²) in [5, 5.41) is 0. The molecule has 0 atom stereocenters. The van der Waals surface area contributed by atoms with Crippen LogP contribution in [0.1, 0.15) is 26.2 Å². The lowest BCUT2D eigenvalue weighted by Gasteiger charge is -2.12. The summed E-state index contributed by atoms with van der Waals surface area (Å²) < 4.78 is 32.6. The first-order valence-electron chi connectivity index (χ1n) is 8.96. The molecule has 0 unspecified atom stereocenters. The van der Waals surface area contributed by atoms with Crippen molar-refractivity contribution in [1.82, 2.24) is 0 Å². The number of unbranched alkanes of at least 4 members (excludes halogenated alkanes) is 2. The number of halogens is 2. The Bertz CT molecular complexity index is 856. The second-order valence-corrected chi connectivity index (χ2v) is 6.25. The summed E-state index contributed by atoms with van der Waals surface area (Å²) in [6.07, 6.45) is 3.39. The van der Waals surface area contributed by atoms with E-state index < -0.39 is 11.6 Å². The summed E-state index contributed by atoms with van der Waals surface area (Å²) in [6, 6.07) is 19.6.